The fourth-order valence-electron chi connectivity index (χ4n) is 2.69. The highest BCUT2D eigenvalue weighted by molar-refractivity contribution is 7.80. The Morgan fingerprint density at radius 1 is 1.17 bits per heavy atom. The summed E-state index contributed by atoms with van der Waals surface area (Å²) in [5, 5.41) is 5.19. The fraction of sp³-hybridized carbons (Fsp3) is 0.294. The van der Waals surface area contributed by atoms with Crippen LogP contribution in [0.15, 0.2) is 41.8 Å². The number of carbonyl (C=O) groups is 1. The Balaban J connectivity index is 1.57. The molecule has 2 heterocycles. The van der Waals surface area contributed by atoms with Gasteiger partial charge < -0.3 is 14.5 Å². The molecule has 3 rings (SSSR count). The molecule has 1 aromatic carbocycles. The molecule has 1 aromatic heterocycles. The van der Waals surface area contributed by atoms with Gasteiger partial charge in [-0.2, -0.15) is 0 Å². The van der Waals surface area contributed by atoms with Crippen molar-refractivity contribution in [1.82, 2.24) is 10.2 Å². The maximum atomic E-state index is 12.1. The Labute approximate surface area is 150 Å². The van der Waals surface area contributed by atoms with Crippen LogP contribution in [-0.4, -0.2) is 49.2 Å². The number of hydrogen-bond acceptors (Lipinski definition) is 5. The number of thiocarbonyl (C=S) groups is 1. The Morgan fingerprint density at radius 2 is 1.92 bits per heavy atom. The largest absolute Gasteiger partial charge is 0.495 e. The number of ether oxygens (including phenoxy) is 1. The summed E-state index contributed by atoms with van der Waals surface area (Å²) in [5.74, 6) is 0.738. The van der Waals surface area contributed by atoms with Crippen LogP contribution in [0.1, 0.15) is 9.67 Å². The van der Waals surface area contributed by atoms with Crippen molar-refractivity contribution in [1.29, 1.82) is 0 Å². The van der Waals surface area contributed by atoms with E-state index in [4.69, 9.17) is 17.0 Å². The lowest BCUT2D eigenvalue weighted by atomic mass is 10.2. The predicted molar refractivity (Wildman–Crippen MR) is 101 cm³/mol. The van der Waals surface area contributed by atoms with Crippen molar-refractivity contribution in [2.24, 2.45) is 0 Å². The zero-order valence-electron chi connectivity index (χ0n) is 13.4. The van der Waals surface area contributed by atoms with E-state index in [9.17, 15) is 4.79 Å². The second kappa shape index (κ2) is 7.63. The molecule has 1 N–H and O–H groups in total. The van der Waals surface area contributed by atoms with Gasteiger partial charge in [-0.1, -0.05) is 18.2 Å². The molecule has 0 atom stereocenters. The summed E-state index contributed by atoms with van der Waals surface area (Å²) in [4.78, 5) is 17.1. The van der Waals surface area contributed by atoms with Crippen LogP contribution in [-0.2, 0) is 0 Å². The van der Waals surface area contributed by atoms with E-state index in [0.29, 0.717) is 9.99 Å². The van der Waals surface area contributed by atoms with Crippen LogP contribution in [0.2, 0.25) is 0 Å². The van der Waals surface area contributed by atoms with Crippen molar-refractivity contribution in [3.63, 3.8) is 0 Å². The summed E-state index contributed by atoms with van der Waals surface area (Å²) < 4.78 is 5.43. The summed E-state index contributed by atoms with van der Waals surface area (Å²) >= 11 is 6.79. The average molecular weight is 361 g/mol. The monoisotopic (exact) mass is 361 g/mol. The molecular weight excluding hydrogens is 342 g/mol. The number of methoxy groups -OCH3 is 1. The molecule has 0 spiro atoms. The maximum absolute atomic E-state index is 12.1. The first kappa shape index (κ1) is 16.7. The van der Waals surface area contributed by atoms with E-state index in [2.05, 4.69) is 16.3 Å². The highest BCUT2D eigenvalue weighted by Crippen LogP contribution is 2.28. The van der Waals surface area contributed by atoms with Gasteiger partial charge in [0.15, 0.2) is 5.11 Å². The highest BCUT2D eigenvalue weighted by atomic mass is 32.1. The summed E-state index contributed by atoms with van der Waals surface area (Å²) in [6.07, 6.45) is 0. The number of thiophene rings is 1. The van der Waals surface area contributed by atoms with Crippen LogP contribution in [0.3, 0.4) is 0 Å². The van der Waals surface area contributed by atoms with Gasteiger partial charge in [-0.25, -0.2) is 0 Å². The number of nitrogens with zero attached hydrogens (tertiary/aromatic N) is 2. The van der Waals surface area contributed by atoms with Gasteiger partial charge in [0.25, 0.3) is 5.91 Å². The number of nitrogens with one attached hydrogen (secondary N) is 1. The van der Waals surface area contributed by atoms with Gasteiger partial charge in [-0.15, -0.1) is 11.3 Å². The first-order chi connectivity index (χ1) is 11.7. The molecule has 24 heavy (non-hydrogen) atoms. The third-order valence-electron chi connectivity index (χ3n) is 3.96. The lowest BCUT2D eigenvalue weighted by Crippen LogP contribution is -2.52. The third-order valence-corrected chi connectivity index (χ3v) is 5.19. The molecule has 1 saturated heterocycles. The molecule has 1 aliphatic heterocycles. The van der Waals surface area contributed by atoms with E-state index in [1.807, 2.05) is 34.5 Å². The van der Waals surface area contributed by atoms with Gasteiger partial charge in [0.05, 0.1) is 17.7 Å². The van der Waals surface area contributed by atoms with Crippen LogP contribution < -0.4 is 15.0 Å². The molecule has 1 fully saturated rings. The van der Waals surface area contributed by atoms with Gasteiger partial charge in [-0.3, -0.25) is 10.1 Å². The van der Waals surface area contributed by atoms with Crippen LogP contribution >= 0.6 is 23.6 Å². The van der Waals surface area contributed by atoms with Crippen LogP contribution in [0.25, 0.3) is 0 Å². The summed E-state index contributed by atoms with van der Waals surface area (Å²) in [5.41, 5.74) is 1.09. The standard InChI is InChI=1S/C17H19N3O2S2/c1-22-14-6-3-2-5-13(14)19-8-10-20(11-9-19)17(23)18-16(21)15-7-4-12-24-15/h2-7,12H,8-11H2,1H3,(H,18,21,23). The zero-order chi connectivity index (χ0) is 16.9. The first-order valence-electron chi connectivity index (χ1n) is 7.71. The number of piperazine rings is 1. The number of amides is 1. The number of para-hydroxylation sites is 2. The Bertz CT molecular complexity index is 710. The predicted octanol–water partition coefficient (Wildman–Crippen LogP) is 2.59. The molecule has 126 valence electrons. The number of anilines is 1. The minimum atomic E-state index is -0.137. The minimum absolute atomic E-state index is 0.137. The van der Waals surface area contributed by atoms with E-state index < -0.39 is 0 Å². The van der Waals surface area contributed by atoms with E-state index >= 15 is 0 Å². The molecule has 5 nitrogen and oxygen atoms in total. The highest BCUT2D eigenvalue weighted by Gasteiger charge is 2.22. The number of hydrogen-bond donors (Lipinski definition) is 1. The molecular formula is C17H19N3O2S2. The Hall–Kier alpha value is -2.12. The SMILES string of the molecule is COc1ccccc1N1CCN(C(=S)NC(=O)c2cccs2)CC1. The molecule has 0 saturated carbocycles. The third kappa shape index (κ3) is 3.68. The van der Waals surface area contributed by atoms with Gasteiger partial charge in [-0.05, 0) is 35.8 Å². The Kier molecular flexibility index (Phi) is 5.32. The van der Waals surface area contributed by atoms with Gasteiger partial charge in [0.1, 0.15) is 5.75 Å². The molecule has 2 aromatic rings. The van der Waals surface area contributed by atoms with Crippen LogP contribution in [0, 0.1) is 0 Å². The van der Waals surface area contributed by atoms with E-state index in [0.717, 1.165) is 37.6 Å². The fourth-order valence-corrected chi connectivity index (χ4v) is 3.58. The molecule has 1 aliphatic rings. The maximum Gasteiger partial charge on any atom is 0.267 e. The van der Waals surface area contributed by atoms with Gasteiger partial charge >= 0.3 is 0 Å². The minimum Gasteiger partial charge on any atom is -0.495 e. The quantitative estimate of drug-likeness (QED) is 0.852. The normalized spacial score (nSPS) is 14.4. The summed E-state index contributed by atoms with van der Waals surface area (Å²) in [7, 11) is 1.68. The zero-order valence-corrected chi connectivity index (χ0v) is 15.0. The second-order valence-corrected chi connectivity index (χ2v) is 6.72. The second-order valence-electron chi connectivity index (χ2n) is 5.38. The van der Waals surface area contributed by atoms with Crippen molar-refractivity contribution in [3.05, 3.63) is 46.7 Å². The van der Waals surface area contributed by atoms with Crippen molar-refractivity contribution >= 4 is 40.3 Å². The van der Waals surface area contributed by atoms with Crippen molar-refractivity contribution in [2.45, 2.75) is 0 Å². The van der Waals surface area contributed by atoms with E-state index in [-0.39, 0.29) is 5.91 Å². The summed E-state index contributed by atoms with van der Waals surface area (Å²) in [6.45, 7) is 3.19. The number of carbonyl (C=O) groups excluding carboxylic acids is 1. The average Bonchev–Trinajstić information content (AvgIpc) is 3.16. The van der Waals surface area contributed by atoms with Crippen molar-refractivity contribution < 1.29 is 9.53 Å². The van der Waals surface area contributed by atoms with E-state index in [1.54, 1.807) is 13.2 Å². The van der Waals surface area contributed by atoms with Gasteiger partial charge in [0, 0.05) is 26.2 Å². The smallest absolute Gasteiger partial charge is 0.267 e. The van der Waals surface area contributed by atoms with Crippen LogP contribution in [0.4, 0.5) is 5.69 Å². The molecule has 0 radical (unpaired) electrons. The van der Waals surface area contributed by atoms with Crippen LogP contribution in [0.5, 0.6) is 5.75 Å². The molecule has 0 aliphatic carbocycles. The molecule has 0 bridgehead atoms. The molecule has 0 unspecified atom stereocenters. The topological polar surface area (TPSA) is 44.8 Å². The lowest BCUT2D eigenvalue weighted by molar-refractivity contribution is 0.0977. The lowest BCUT2D eigenvalue weighted by Gasteiger charge is -2.37. The van der Waals surface area contributed by atoms with Crippen molar-refractivity contribution in [3.8, 4) is 5.75 Å². The molecule has 1 amide bonds. The Morgan fingerprint density at radius 3 is 2.58 bits per heavy atom. The van der Waals surface area contributed by atoms with Crippen molar-refractivity contribution in [2.75, 3.05) is 38.2 Å². The summed E-state index contributed by atoms with van der Waals surface area (Å²) in [6, 6.07) is 11.7. The first-order valence-corrected chi connectivity index (χ1v) is 8.99. The van der Waals surface area contributed by atoms with E-state index in [1.165, 1.54) is 11.3 Å². The molecule has 7 heteroatoms. The van der Waals surface area contributed by atoms with Gasteiger partial charge in [0.2, 0.25) is 0 Å². The number of benzene rings is 1. The number of rotatable bonds is 3.